The molecule has 19 heavy (non-hydrogen) atoms. The van der Waals surface area contributed by atoms with E-state index in [1.165, 1.54) is 41.1 Å². The van der Waals surface area contributed by atoms with Gasteiger partial charge in [0, 0.05) is 21.2 Å². The summed E-state index contributed by atoms with van der Waals surface area (Å²) in [5, 5.41) is 0.776. The molecule has 0 saturated carbocycles. The van der Waals surface area contributed by atoms with E-state index in [2.05, 4.69) is 23.5 Å². The highest BCUT2D eigenvalue weighted by atomic mass is 35.5. The van der Waals surface area contributed by atoms with E-state index < -0.39 is 0 Å². The van der Waals surface area contributed by atoms with E-state index in [1.807, 2.05) is 23.5 Å². The van der Waals surface area contributed by atoms with Crippen LogP contribution in [-0.2, 0) is 12.8 Å². The third-order valence-electron chi connectivity index (χ3n) is 3.76. The molecule has 0 radical (unpaired) electrons. The van der Waals surface area contributed by atoms with E-state index >= 15 is 0 Å². The van der Waals surface area contributed by atoms with Crippen molar-refractivity contribution in [1.82, 2.24) is 9.38 Å². The number of hydrogen-bond donors (Lipinski definition) is 0. The molecular weight excluding hydrogens is 276 g/mol. The van der Waals surface area contributed by atoms with Crippen LogP contribution in [0, 0.1) is 6.92 Å². The molecule has 4 rings (SSSR count). The van der Waals surface area contributed by atoms with Gasteiger partial charge in [0.15, 0.2) is 4.96 Å². The quantitative estimate of drug-likeness (QED) is 0.644. The molecule has 0 atom stereocenters. The number of hydrogen-bond acceptors (Lipinski definition) is 2. The minimum atomic E-state index is 0.776. The summed E-state index contributed by atoms with van der Waals surface area (Å²) in [5.41, 5.74) is 4.99. The van der Waals surface area contributed by atoms with Crippen LogP contribution in [0.5, 0.6) is 0 Å². The molecule has 0 fully saturated rings. The van der Waals surface area contributed by atoms with E-state index in [-0.39, 0.29) is 0 Å². The molecule has 96 valence electrons. The van der Waals surface area contributed by atoms with Gasteiger partial charge in [0.2, 0.25) is 0 Å². The summed E-state index contributed by atoms with van der Waals surface area (Å²) in [5.74, 6) is 0. The van der Waals surface area contributed by atoms with Gasteiger partial charge in [-0.3, -0.25) is 4.40 Å². The second-order valence-electron chi connectivity index (χ2n) is 5.00. The number of nitrogens with zero attached hydrogens (tertiary/aromatic N) is 2. The Labute approximate surface area is 120 Å². The molecule has 0 N–H and O–H groups in total. The fourth-order valence-electron chi connectivity index (χ4n) is 2.93. The second-order valence-corrected chi connectivity index (χ2v) is 6.49. The zero-order chi connectivity index (χ0) is 13.0. The van der Waals surface area contributed by atoms with Crippen LogP contribution in [0.3, 0.4) is 0 Å². The van der Waals surface area contributed by atoms with Crippen molar-refractivity contribution in [3.05, 3.63) is 45.6 Å². The van der Waals surface area contributed by atoms with E-state index in [0.29, 0.717) is 0 Å². The molecule has 3 aromatic rings. The molecule has 0 amide bonds. The third-order valence-corrected chi connectivity index (χ3v) is 5.16. The van der Waals surface area contributed by atoms with Gasteiger partial charge in [0.25, 0.3) is 0 Å². The molecule has 2 heterocycles. The van der Waals surface area contributed by atoms with Crippen LogP contribution in [0.15, 0.2) is 24.3 Å². The number of imidazole rings is 1. The van der Waals surface area contributed by atoms with Crippen molar-refractivity contribution in [1.29, 1.82) is 0 Å². The number of fused-ring (bicyclic) bond motifs is 3. The third kappa shape index (κ3) is 1.65. The van der Waals surface area contributed by atoms with E-state index in [9.17, 15) is 0 Å². The van der Waals surface area contributed by atoms with Gasteiger partial charge in [-0.05, 0) is 38.3 Å². The fraction of sp³-hybridized carbons (Fsp3) is 0.267. The van der Waals surface area contributed by atoms with Crippen molar-refractivity contribution in [2.24, 2.45) is 0 Å². The zero-order valence-corrected chi connectivity index (χ0v) is 12.2. The summed E-state index contributed by atoms with van der Waals surface area (Å²) < 4.78 is 2.35. The SMILES string of the molecule is Cc1nc2sc3c(n2c1-c1ccc(Cl)cc1)CCC3. The first kappa shape index (κ1) is 11.5. The summed E-state index contributed by atoms with van der Waals surface area (Å²) in [7, 11) is 0. The van der Waals surface area contributed by atoms with Gasteiger partial charge in [-0.2, -0.15) is 0 Å². The van der Waals surface area contributed by atoms with Crippen molar-refractivity contribution < 1.29 is 0 Å². The Hall–Kier alpha value is -1.32. The van der Waals surface area contributed by atoms with Crippen LogP contribution in [0.1, 0.15) is 22.7 Å². The lowest BCUT2D eigenvalue weighted by Gasteiger charge is -2.04. The van der Waals surface area contributed by atoms with Gasteiger partial charge in [0.05, 0.1) is 11.4 Å². The number of aromatic nitrogens is 2. The fourth-order valence-corrected chi connectivity index (χ4v) is 4.30. The van der Waals surface area contributed by atoms with Crippen LogP contribution in [0.4, 0.5) is 0 Å². The molecule has 2 nitrogen and oxygen atoms in total. The maximum absolute atomic E-state index is 5.98. The molecule has 0 bridgehead atoms. The Bertz CT molecular complexity index is 768. The maximum Gasteiger partial charge on any atom is 0.194 e. The molecule has 0 spiro atoms. The van der Waals surface area contributed by atoms with Crippen LogP contribution in [-0.4, -0.2) is 9.38 Å². The van der Waals surface area contributed by atoms with Crippen LogP contribution < -0.4 is 0 Å². The van der Waals surface area contributed by atoms with E-state index in [0.717, 1.165) is 15.7 Å². The largest absolute Gasteiger partial charge is 0.287 e. The normalized spacial score (nSPS) is 14.2. The number of halogens is 1. The molecule has 1 aliphatic carbocycles. The molecule has 4 heteroatoms. The number of rotatable bonds is 1. The smallest absolute Gasteiger partial charge is 0.194 e. The average Bonchev–Trinajstić information content (AvgIpc) is 3.01. The molecular formula is C15H13ClN2S. The van der Waals surface area contributed by atoms with Gasteiger partial charge in [-0.25, -0.2) is 4.98 Å². The topological polar surface area (TPSA) is 17.3 Å². The van der Waals surface area contributed by atoms with Crippen LogP contribution >= 0.6 is 22.9 Å². The zero-order valence-electron chi connectivity index (χ0n) is 10.6. The monoisotopic (exact) mass is 288 g/mol. The molecule has 1 aliphatic rings. The summed E-state index contributed by atoms with van der Waals surface area (Å²) in [6.07, 6.45) is 3.66. The maximum atomic E-state index is 5.98. The number of aryl methyl sites for hydroxylation is 3. The Morgan fingerprint density at radius 3 is 2.79 bits per heavy atom. The molecule has 1 aromatic carbocycles. The second kappa shape index (κ2) is 4.09. The highest BCUT2D eigenvalue weighted by molar-refractivity contribution is 7.17. The summed E-state index contributed by atoms with van der Waals surface area (Å²) >= 11 is 7.83. The Morgan fingerprint density at radius 2 is 2.00 bits per heavy atom. The summed E-state index contributed by atoms with van der Waals surface area (Å²) in [6, 6.07) is 8.06. The van der Waals surface area contributed by atoms with Crippen LogP contribution in [0.2, 0.25) is 5.02 Å². The molecule has 0 unspecified atom stereocenters. The van der Waals surface area contributed by atoms with Crippen molar-refractivity contribution in [2.45, 2.75) is 26.2 Å². The van der Waals surface area contributed by atoms with Gasteiger partial charge < -0.3 is 0 Å². The van der Waals surface area contributed by atoms with Gasteiger partial charge in [-0.15, -0.1) is 11.3 Å². The Balaban J connectivity index is 2.02. The highest BCUT2D eigenvalue weighted by Crippen LogP contribution is 2.36. The minimum absolute atomic E-state index is 0.776. The predicted octanol–water partition coefficient (Wildman–Crippen LogP) is 4.51. The number of thiazole rings is 1. The summed E-state index contributed by atoms with van der Waals surface area (Å²) in [4.78, 5) is 7.37. The van der Waals surface area contributed by atoms with Gasteiger partial charge in [0.1, 0.15) is 0 Å². The first-order valence-electron chi connectivity index (χ1n) is 6.49. The lowest BCUT2D eigenvalue weighted by molar-refractivity contribution is 0.889. The number of benzene rings is 1. The summed E-state index contributed by atoms with van der Waals surface area (Å²) in [6.45, 7) is 2.09. The molecule has 0 aliphatic heterocycles. The van der Waals surface area contributed by atoms with Gasteiger partial charge in [-0.1, -0.05) is 23.7 Å². The predicted molar refractivity (Wildman–Crippen MR) is 80.3 cm³/mol. The van der Waals surface area contributed by atoms with Crippen molar-refractivity contribution in [2.75, 3.05) is 0 Å². The van der Waals surface area contributed by atoms with Gasteiger partial charge >= 0.3 is 0 Å². The molecule has 0 saturated heterocycles. The lowest BCUT2D eigenvalue weighted by atomic mass is 10.1. The van der Waals surface area contributed by atoms with Crippen molar-refractivity contribution in [3.63, 3.8) is 0 Å². The van der Waals surface area contributed by atoms with Crippen molar-refractivity contribution >= 4 is 27.9 Å². The van der Waals surface area contributed by atoms with E-state index in [4.69, 9.17) is 16.6 Å². The lowest BCUT2D eigenvalue weighted by Crippen LogP contribution is -1.92. The standard InChI is InChI=1S/C15H13ClN2S/c1-9-14(10-5-7-11(16)8-6-10)18-12-3-2-4-13(12)19-15(18)17-9/h5-8H,2-4H2,1H3. The molecule has 2 aromatic heterocycles. The van der Waals surface area contributed by atoms with Crippen molar-refractivity contribution in [3.8, 4) is 11.3 Å². The van der Waals surface area contributed by atoms with E-state index in [1.54, 1.807) is 0 Å². The first-order chi connectivity index (χ1) is 9.24. The highest BCUT2D eigenvalue weighted by Gasteiger charge is 2.22. The minimum Gasteiger partial charge on any atom is -0.287 e. The van der Waals surface area contributed by atoms with Crippen LogP contribution in [0.25, 0.3) is 16.2 Å². The average molecular weight is 289 g/mol. The Kier molecular flexibility index (Phi) is 2.47. The first-order valence-corrected chi connectivity index (χ1v) is 7.69. The Morgan fingerprint density at radius 1 is 1.21 bits per heavy atom.